The first-order chi connectivity index (χ1) is 11.1. The number of rotatable bonds is 4. The van der Waals surface area contributed by atoms with Gasteiger partial charge in [-0.1, -0.05) is 6.07 Å². The molecule has 0 saturated carbocycles. The van der Waals surface area contributed by atoms with Crippen molar-refractivity contribution in [2.75, 3.05) is 32.7 Å². The van der Waals surface area contributed by atoms with Crippen LogP contribution in [0.25, 0.3) is 0 Å². The number of amides is 1. The minimum absolute atomic E-state index is 0.0665. The van der Waals surface area contributed by atoms with Crippen molar-refractivity contribution < 1.29 is 13.9 Å². The molecule has 0 bridgehead atoms. The molecule has 1 aromatic heterocycles. The fraction of sp³-hybridized carbons (Fsp3) is 0.647. The topological polar surface area (TPSA) is 45.7 Å². The van der Waals surface area contributed by atoms with Gasteiger partial charge in [-0.15, -0.1) is 0 Å². The highest BCUT2D eigenvalue weighted by Gasteiger charge is 2.29. The van der Waals surface area contributed by atoms with Crippen LogP contribution in [0.5, 0.6) is 5.88 Å². The zero-order valence-electron chi connectivity index (χ0n) is 13.6. The molecule has 2 atom stereocenters. The second-order valence-electron chi connectivity index (χ2n) is 6.56. The van der Waals surface area contributed by atoms with E-state index >= 15 is 0 Å². The van der Waals surface area contributed by atoms with Crippen LogP contribution in [0, 0.1) is 11.9 Å². The van der Waals surface area contributed by atoms with E-state index in [-0.39, 0.29) is 12.0 Å². The van der Waals surface area contributed by atoms with E-state index in [0.717, 1.165) is 45.6 Å². The molecule has 2 fully saturated rings. The molecule has 0 aromatic carbocycles. The highest BCUT2D eigenvalue weighted by atomic mass is 19.1. The number of ether oxygens (including phenoxy) is 1. The highest BCUT2D eigenvalue weighted by Crippen LogP contribution is 2.22. The smallest absolute Gasteiger partial charge is 0.219 e. The maximum atomic E-state index is 13.1. The molecule has 2 aliphatic heterocycles. The van der Waals surface area contributed by atoms with Crippen molar-refractivity contribution in [1.29, 1.82) is 0 Å². The predicted molar refractivity (Wildman–Crippen MR) is 84.6 cm³/mol. The van der Waals surface area contributed by atoms with Crippen molar-refractivity contribution in [3.63, 3.8) is 0 Å². The minimum Gasteiger partial charge on any atom is -0.473 e. The molecule has 0 N–H and O–H groups in total. The Morgan fingerprint density at radius 3 is 3.00 bits per heavy atom. The number of hydrogen-bond acceptors (Lipinski definition) is 4. The Kier molecular flexibility index (Phi) is 5.10. The van der Waals surface area contributed by atoms with Crippen LogP contribution < -0.4 is 4.74 Å². The number of nitrogens with zero attached hydrogens (tertiary/aromatic N) is 3. The summed E-state index contributed by atoms with van der Waals surface area (Å²) in [5, 5.41) is 0. The monoisotopic (exact) mass is 321 g/mol. The van der Waals surface area contributed by atoms with Gasteiger partial charge < -0.3 is 9.64 Å². The van der Waals surface area contributed by atoms with E-state index in [0.29, 0.717) is 11.8 Å². The van der Waals surface area contributed by atoms with Gasteiger partial charge >= 0.3 is 0 Å². The normalized spacial score (nSPS) is 25.6. The Labute approximate surface area is 136 Å². The molecule has 2 saturated heterocycles. The number of likely N-dealkylation sites (tertiary alicyclic amines) is 2. The molecule has 2 aliphatic rings. The number of halogens is 1. The van der Waals surface area contributed by atoms with E-state index in [1.807, 2.05) is 4.90 Å². The first-order valence-corrected chi connectivity index (χ1v) is 8.37. The standard InChI is InChI=1S/C17H24FN3O2/c1-13(22)21-8-3-4-14(11-21)10-20-9-7-15(12-20)23-17-6-2-5-16(18)19-17/h2,5-6,14-15H,3-4,7-12H2,1H3. The van der Waals surface area contributed by atoms with E-state index in [2.05, 4.69) is 9.88 Å². The van der Waals surface area contributed by atoms with Crippen LogP contribution in [0.1, 0.15) is 26.2 Å². The number of carbonyl (C=O) groups is 1. The second kappa shape index (κ2) is 7.25. The van der Waals surface area contributed by atoms with Crippen LogP contribution in [0.2, 0.25) is 0 Å². The van der Waals surface area contributed by atoms with E-state index < -0.39 is 5.95 Å². The van der Waals surface area contributed by atoms with Crippen LogP contribution in [-0.2, 0) is 4.79 Å². The largest absolute Gasteiger partial charge is 0.473 e. The lowest BCUT2D eigenvalue weighted by atomic mass is 9.97. The summed E-state index contributed by atoms with van der Waals surface area (Å²) in [7, 11) is 0. The Balaban J connectivity index is 1.47. The molecule has 23 heavy (non-hydrogen) atoms. The van der Waals surface area contributed by atoms with Crippen LogP contribution in [0.15, 0.2) is 18.2 Å². The van der Waals surface area contributed by atoms with E-state index in [4.69, 9.17) is 4.74 Å². The molecular formula is C17H24FN3O2. The molecular weight excluding hydrogens is 297 g/mol. The molecule has 1 aromatic rings. The number of pyridine rings is 1. The molecule has 3 rings (SSSR count). The van der Waals surface area contributed by atoms with E-state index in [1.165, 1.54) is 12.5 Å². The van der Waals surface area contributed by atoms with Crippen molar-refractivity contribution in [3.8, 4) is 5.88 Å². The van der Waals surface area contributed by atoms with Gasteiger partial charge in [0, 0.05) is 45.7 Å². The SMILES string of the molecule is CC(=O)N1CCCC(CN2CCC(Oc3cccc(F)n3)C2)C1. The zero-order chi connectivity index (χ0) is 16.2. The zero-order valence-corrected chi connectivity index (χ0v) is 13.6. The number of hydrogen-bond donors (Lipinski definition) is 0. The summed E-state index contributed by atoms with van der Waals surface area (Å²) in [6, 6.07) is 4.62. The molecule has 0 radical (unpaired) electrons. The first kappa shape index (κ1) is 16.2. The van der Waals surface area contributed by atoms with Crippen LogP contribution >= 0.6 is 0 Å². The molecule has 0 spiro atoms. The van der Waals surface area contributed by atoms with Gasteiger partial charge in [0.05, 0.1) is 0 Å². The van der Waals surface area contributed by atoms with E-state index in [1.54, 1.807) is 19.1 Å². The fourth-order valence-electron chi connectivity index (χ4n) is 3.55. The summed E-state index contributed by atoms with van der Waals surface area (Å²) >= 11 is 0. The maximum absolute atomic E-state index is 13.1. The third-order valence-corrected chi connectivity index (χ3v) is 4.69. The Bertz CT molecular complexity index is 554. The highest BCUT2D eigenvalue weighted by molar-refractivity contribution is 5.73. The summed E-state index contributed by atoms with van der Waals surface area (Å²) in [5.41, 5.74) is 0. The molecule has 2 unspecified atom stereocenters. The second-order valence-corrected chi connectivity index (χ2v) is 6.56. The first-order valence-electron chi connectivity index (χ1n) is 8.37. The molecule has 1 amide bonds. The van der Waals surface area contributed by atoms with Crippen molar-refractivity contribution in [1.82, 2.24) is 14.8 Å². The quantitative estimate of drug-likeness (QED) is 0.795. The lowest BCUT2D eigenvalue weighted by Gasteiger charge is -2.34. The summed E-state index contributed by atoms with van der Waals surface area (Å²) < 4.78 is 18.9. The van der Waals surface area contributed by atoms with Crippen molar-refractivity contribution in [2.45, 2.75) is 32.3 Å². The molecule has 0 aliphatic carbocycles. The average Bonchev–Trinajstić information content (AvgIpc) is 2.94. The van der Waals surface area contributed by atoms with Gasteiger partial charge in [0.25, 0.3) is 0 Å². The van der Waals surface area contributed by atoms with Crippen molar-refractivity contribution in [3.05, 3.63) is 24.1 Å². The van der Waals surface area contributed by atoms with Gasteiger partial charge in [0.1, 0.15) is 6.10 Å². The number of aromatic nitrogens is 1. The van der Waals surface area contributed by atoms with E-state index in [9.17, 15) is 9.18 Å². The third-order valence-electron chi connectivity index (χ3n) is 4.69. The van der Waals surface area contributed by atoms with Gasteiger partial charge in [0.2, 0.25) is 17.7 Å². The molecule has 3 heterocycles. The van der Waals surface area contributed by atoms with Crippen molar-refractivity contribution >= 4 is 5.91 Å². The fourth-order valence-corrected chi connectivity index (χ4v) is 3.55. The van der Waals surface area contributed by atoms with Gasteiger partial charge in [-0.05, 0) is 31.2 Å². The minimum atomic E-state index is -0.510. The summed E-state index contributed by atoms with van der Waals surface area (Å²) in [6.07, 6.45) is 3.26. The average molecular weight is 321 g/mol. The molecule has 6 heteroatoms. The molecule has 126 valence electrons. The number of piperidine rings is 1. The lowest BCUT2D eigenvalue weighted by molar-refractivity contribution is -0.130. The van der Waals surface area contributed by atoms with Crippen LogP contribution in [0.4, 0.5) is 4.39 Å². The van der Waals surface area contributed by atoms with Crippen LogP contribution in [0.3, 0.4) is 0 Å². The summed E-state index contributed by atoms with van der Waals surface area (Å²) in [5.74, 6) is 0.564. The molecule has 5 nitrogen and oxygen atoms in total. The van der Waals surface area contributed by atoms with Gasteiger partial charge in [-0.2, -0.15) is 9.37 Å². The van der Waals surface area contributed by atoms with Gasteiger partial charge in [-0.25, -0.2) is 0 Å². The summed E-state index contributed by atoms with van der Waals surface area (Å²) in [4.78, 5) is 19.6. The lowest BCUT2D eigenvalue weighted by Crippen LogP contribution is -2.42. The van der Waals surface area contributed by atoms with Crippen molar-refractivity contribution in [2.24, 2.45) is 5.92 Å². The third kappa shape index (κ3) is 4.41. The predicted octanol–water partition coefficient (Wildman–Crippen LogP) is 1.93. The van der Waals surface area contributed by atoms with Gasteiger partial charge in [-0.3, -0.25) is 9.69 Å². The maximum Gasteiger partial charge on any atom is 0.219 e. The van der Waals surface area contributed by atoms with Gasteiger partial charge in [0.15, 0.2) is 0 Å². The number of carbonyl (C=O) groups excluding carboxylic acids is 1. The van der Waals surface area contributed by atoms with Crippen LogP contribution in [-0.4, -0.2) is 59.5 Å². The Hall–Kier alpha value is -1.69. The Morgan fingerprint density at radius 1 is 1.35 bits per heavy atom. The summed E-state index contributed by atoms with van der Waals surface area (Å²) in [6.45, 7) is 6.23. The Morgan fingerprint density at radius 2 is 2.22 bits per heavy atom.